The van der Waals surface area contributed by atoms with E-state index >= 15 is 0 Å². The number of aliphatic imine (C=N–C) groups is 1. The van der Waals surface area contributed by atoms with Crippen LogP contribution in [0.5, 0.6) is 0 Å². The monoisotopic (exact) mass is 406 g/mol. The predicted octanol–water partition coefficient (Wildman–Crippen LogP) is 1.47. The summed E-state index contributed by atoms with van der Waals surface area (Å²) < 4.78 is 18.0. The van der Waals surface area contributed by atoms with Gasteiger partial charge in [-0.25, -0.2) is 14.0 Å². The Balaban J connectivity index is 2.25. The van der Waals surface area contributed by atoms with Crippen LogP contribution in [0.25, 0.3) is 0 Å². The van der Waals surface area contributed by atoms with Crippen molar-refractivity contribution in [1.29, 1.82) is 0 Å². The lowest BCUT2D eigenvalue weighted by atomic mass is 10.3. The summed E-state index contributed by atoms with van der Waals surface area (Å²) in [6, 6.07) is 4.04. The number of thioether (sulfide) groups is 1. The van der Waals surface area contributed by atoms with E-state index in [1.165, 1.54) is 18.2 Å². The summed E-state index contributed by atoms with van der Waals surface area (Å²) in [6.45, 7) is -0.392. The number of hydroxylamine groups is 1. The Morgan fingerprint density at radius 1 is 1.48 bits per heavy atom. The highest BCUT2D eigenvalue weighted by Gasteiger charge is 2.18. The minimum atomic E-state index is -0.930. The van der Waals surface area contributed by atoms with Crippen molar-refractivity contribution in [3.05, 3.63) is 34.2 Å². The van der Waals surface area contributed by atoms with E-state index in [2.05, 4.69) is 35.9 Å². The summed E-state index contributed by atoms with van der Waals surface area (Å²) in [5, 5.41) is 35.0. The number of hydrogen-bond donors (Lipinski definition) is 4. The molecule has 0 spiro atoms. The van der Waals surface area contributed by atoms with Gasteiger partial charge in [-0.3, -0.25) is 10.7 Å². The molecule has 0 aliphatic rings. The Hall–Kier alpha value is -1.53. The molecule has 1 aromatic carbocycles. The fraction of sp³-hybridized carbons (Fsp3) is 0.250. The second kappa shape index (κ2) is 8.36. The van der Waals surface area contributed by atoms with Crippen molar-refractivity contribution in [2.24, 2.45) is 4.99 Å². The zero-order chi connectivity index (χ0) is 16.8. The van der Waals surface area contributed by atoms with E-state index in [1.807, 2.05) is 5.48 Å². The third-order valence-electron chi connectivity index (χ3n) is 2.56. The summed E-state index contributed by atoms with van der Waals surface area (Å²) in [7, 11) is 0. The first-order valence-corrected chi connectivity index (χ1v) is 8.01. The number of amidine groups is 1. The van der Waals surface area contributed by atoms with Crippen LogP contribution in [0.1, 0.15) is 5.69 Å². The van der Waals surface area contributed by atoms with Crippen LogP contribution in [0.15, 0.2) is 37.3 Å². The molecule has 0 saturated heterocycles. The van der Waals surface area contributed by atoms with Crippen LogP contribution in [-0.4, -0.2) is 50.0 Å². The molecule has 8 nitrogen and oxygen atoms in total. The largest absolute Gasteiger partial charge is 0.394 e. The standard InChI is InChI=1S/C12H12BrFN4O4S/c13-8-3-6(1-2-9(8)14)15-11(16-21)10-12(18-22-17-10)23-5-7(20)4-19/h1-3,7,19-21H,4-5H2,(H,15,16)/t7-/m1/s1. The lowest BCUT2D eigenvalue weighted by molar-refractivity contribution is 0.113. The minimum Gasteiger partial charge on any atom is -0.394 e. The van der Waals surface area contributed by atoms with Crippen LogP contribution < -0.4 is 5.48 Å². The Morgan fingerprint density at radius 2 is 2.26 bits per heavy atom. The topological polar surface area (TPSA) is 124 Å². The molecule has 0 fully saturated rings. The Labute approximate surface area is 142 Å². The van der Waals surface area contributed by atoms with Crippen LogP contribution in [0.2, 0.25) is 0 Å². The van der Waals surface area contributed by atoms with Gasteiger partial charge in [-0.15, -0.1) is 0 Å². The highest BCUT2D eigenvalue weighted by atomic mass is 79.9. The summed E-state index contributed by atoms with van der Waals surface area (Å²) in [6.07, 6.45) is -0.930. The maximum absolute atomic E-state index is 13.2. The van der Waals surface area contributed by atoms with Gasteiger partial charge in [0.1, 0.15) is 5.82 Å². The van der Waals surface area contributed by atoms with E-state index < -0.39 is 18.5 Å². The third-order valence-corrected chi connectivity index (χ3v) is 4.26. The number of aromatic nitrogens is 2. The van der Waals surface area contributed by atoms with Crippen LogP contribution >= 0.6 is 27.7 Å². The summed E-state index contributed by atoms with van der Waals surface area (Å²) in [5.41, 5.74) is 2.35. The van der Waals surface area contributed by atoms with Gasteiger partial charge in [-0.2, -0.15) is 0 Å². The van der Waals surface area contributed by atoms with Gasteiger partial charge in [-0.1, -0.05) is 11.8 Å². The van der Waals surface area contributed by atoms with Gasteiger partial charge in [0.25, 0.3) is 0 Å². The molecule has 124 valence electrons. The summed E-state index contributed by atoms with van der Waals surface area (Å²) in [4.78, 5) is 4.10. The van der Waals surface area contributed by atoms with Crippen molar-refractivity contribution in [3.8, 4) is 0 Å². The number of benzene rings is 1. The van der Waals surface area contributed by atoms with Crippen LogP contribution in [0.4, 0.5) is 10.1 Å². The molecule has 0 bridgehead atoms. The van der Waals surface area contributed by atoms with Crippen molar-refractivity contribution >= 4 is 39.2 Å². The maximum atomic E-state index is 13.2. The molecule has 0 saturated carbocycles. The number of aliphatic hydroxyl groups excluding tert-OH is 2. The number of nitrogens with one attached hydrogen (secondary N) is 1. The molecule has 23 heavy (non-hydrogen) atoms. The summed E-state index contributed by atoms with van der Waals surface area (Å²) >= 11 is 4.11. The molecule has 2 rings (SSSR count). The molecule has 2 aromatic rings. The van der Waals surface area contributed by atoms with E-state index in [-0.39, 0.29) is 26.8 Å². The smallest absolute Gasteiger partial charge is 0.186 e. The van der Waals surface area contributed by atoms with E-state index in [0.29, 0.717) is 5.69 Å². The summed E-state index contributed by atoms with van der Waals surface area (Å²) in [5.74, 6) is -0.357. The molecular weight excluding hydrogens is 395 g/mol. The van der Waals surface area contributed by atoms with Gasteiger partial charge in [0.05, 0.1) is 22.9 Å². The molecular formula is C12H12BrFN4O4S. The van der Waals surface area contributed by atoms with Crippen LogP contribution in [0.3, 0.4) is 0 Å². The normalized spacial score (nSPS) is 13.2. The second-order valence-corrected chi connectivity index (χ2v) is 6.10. The lowest BCUT2D eigenvalue weighted by Gasteiger charge is -2.06. The SMILES string of the molecule is OC[C@@H](O)CSc1nonc1C(=Nc1ccc(F)c(Br)c1)NO. The number of nitrogens with zero attached hydrogens (tertiary/aromatic N) is 3. The molecule has 0 radical (unpaired) electrons. The van der Waals surface area contributed by atoms with Crippen molar-refractivity contribution < 1.29 is 24.4 Å². The third kappa shape index (κ3) is 4.72. The van der Waals surface area contributed by atoms with Gasteiger partial charge in [-0.05, 0) is 44.4 Å². The number of rotatable bonds is 6. The first kappa shape index (κ1) is 17.8. The van der Waals surface area contributed by atoms with E-state index in [9.17, 15) is 14.7 Å². The van der Waals surface area contributed by atoms with Crippen LogP contribution in [-0.2, 0) is 0 Å². The zero-order valence-corrected chi connectivity index (χ0v) is 13.9. The van der Waals surface area contributed by atoms with Crippen molar-refractivity contribution in [3.63, 3.8) is 0 Å². The molecule has 0 unspecified atom stereocenters. The van der Waals surface area contributed by atoms with Gasteiger partial charge < -0.3 is 10.2 Å². The molecule has 4 N–H and O–H groups in total. The van der Waals surface area contributed by atoms with Gasteiger partial charge in [0.2, 0.25) is 0 Å². The molecule has 11 heteroatoms. The van der Waals surface area contributed by atoms with Gasteiger partial charge in [0.15, 0.2) is 16.6 Å². The fourth-order valence-corrected chi connectivity index (χ4v) is 2.64. The lowest BCUT2D eigenvalue weighted by Crippen LogP contribution is -2.21. The molecule has 1 heterocycles. The Bertz CT molecular complexity index is 699. The fourth-order valence-electron chi connectivity index (χ4n) is 1.46. The van der Waals surface area contributed by atoms with Crippen molar-refractivity contribution in [2.75, 3.05) is 12.4 Å². The van der Waals surface area contributed by atoms with Gasteiger partial charge >= 0.3 is 0 Å². The Morgan fingerprint density at radius 3 is 2.91 bits per heavy atom. The highest BCUT2D eigenvalue weighted by Crippen LogP contribution is 2.24. The first-order valence-electron chi connectivity index (χ1n) is 6.23. The highest BCUT2D eigenvalue weighted by molar-refractivity contribution is 9.10. The van der Waals surface area contributed by atoms with Crippen molar-refractivity contribution in [2.45, 2.75) is 11.1 Å². The van der Waals surface area contributed by atoms with Crippen LogP contribution in [0, 0.1) is 5.82 Å². The quantitative estimate of drug-likeness (QED) is 0.246. The molecule has 0 aliphatic heterocycles. The molecule has 1 aromatic heterocycles. The molecule has 0 amide bonds. The number of aliphatic hydroxyl groups is 2. The Kier molecular flexibility index (Phi) is 6.47. The average molecular weight is 407 g/mol. The predicted molar refractivity (Wildman–Crippen MR) is 83.3 cm³/mol. The van der Waals surface area contributed by atoms with E-state index in [0.717, 1.165) is 11.8 Å². The minimum absolute atomic E-state index is 0.0641. The number of halogens is 2. The first-order chi connectivity index (χ1) is 11.0. The van der Waals surface area contributed by atoms with Crippen molar-refractivity contribution in [1.82, 2.24) is 15.8 Å². The zero-order valence-electron chi connectivity index (χ0n) is 11.5. The maximum Gasteiger partial charge on any atom is 0.186 e. The molecule has 0 aliphatic carbocycles. The van der Waals surface area contributed by atoms with E-state index in [1.54, 1.807) is 0 Å². The average Bonchev–Trinajstić information content (AvgIpc) is 3.01. The molecule has 1 atom stereocenters. The van der Waals surface area contributed by atoms with Gasteiger partial charge in [0, 0.05) is 5.75 Å². The number of hydrogen-bond acceptors (Lipinski definition) is 8. The van der Waals surface area contributed by atoms with E-state index in [4.69, 9.17) is 5.11 Å². The second-order valence-electron chi connectivity index (χ2n) is 4.24.